The molecule has 108 valence electrons. The summed E-state index contributed by atoms with van der Waals surface area (Å²) in [5, 5.41) is 2.43. The monoisotopic (exact) mass is 284 g/mol. The number of nitrogens with zero attached hydrogens (tertiary/aromatic N) is 2. The smallest absolute Gasteiger partial charge is 0.249 e. The average molecular weight is 284 g/mol. The van der Waals surface area contributed by atoms with Crippen LogP contribution >= 0.6 is 0 Å². The van der Waals surface area contributed by atoms with Gasteiger partial charge in [0, 0.05) is 18.0 Å². The highest BCUT2D eigenvalue weighted by Gasteiger charge is 2.36. The molecule has 0 radical (unpaired) electrons. The first-order valence-corrected chi connectivity index (χ1v) is 7.24. The molecule has 2 heterocycles. The number of nitrogens with two attached hydrogens (primary N) is 1. The van der Waals surface area contributed by atoms with Crippen molar-refractivity contribution < 1.29 is 9.59 Å². The van der Waals surface area contributed by atoms with Crippen molar-refractivity contribution in [3.05, 3.63) is 24.0 Å². The van der Waals surface area contributed by atoms with Crippen LogP contribution < -0.4 is 11.1 Å². The van der Waals surface area contributed by atoms with E-state index in [1.807, 2.05) is 22.8 Å². The van der Waals surface area contributed by atoms with Gasteiger partial charge in [0.25, 0.3) is 0 Å². The molecule has 4 rings (SSSR count). The van der Waals surface area contributed by atoms with E-state index in [4.69, 9.17) is 5.73 Å². The molecule has 1 saturated carbocycles. The van der Waals surface area contributed by atoms with Gasteiger partial charge in [-0.3, -0.25) is 14.9 Å². The number of fused-ring (bicyclic) bond motifs is 1. The lowest BCUT2D eigenvalue weighted by Crippen LogP contribution is -2.42. The molecule has 1 aromatic heterocycles. The molecule has 0 spiro atoms. The highest BCUT2D eigenvalue weighted by Crippen LogP contribution is 2.42. The number of carbonyl (C=O) groups is 2. The summed E-state index contributed by atoms with van der Waals surface area (Å²) in [6, 6.07) is 5.21. The minimum atomic E-state index is -0.355. The maximum atomic E-state index is 12.2. The van der Waals surface area contributed by atoms with E-state index in [2.05, 4.69) is 10.3 Å². The normalized spacial score (nSPS) is 22.6. The van der Waals surface area contributed by atoms with E-state index in [1.54, 1.807) is 0 Å². The Hall–Kier alpha value is -2.37. The van der Waals surface area contributed by atoms with E-state index in [0.29, 0.717) is 24.4 Å². The van der Waals surface area contributed by atoms with Crippen molar-refractivity contribution in [3.63, 3.8) is 0 Å². The Labute approximate surface area is 121 Å². The molecule has 1 aliphatic heterocycles. The van der Waals surface area contributed by atoms with Gasteiger partial charge < -0.3 is 10.3 Å². The summed E-state index contributed by atoms with van der Waals surface area (Å²) in [5.41, 5.74) is 8.23. The van der Waals surface area contributed by atoms with Crippen LogP contribution in [-0.4, -0.2) is 21.4 Å². The number of hydrogen-bond donors (Lipinski definition) is 2. The van der Waals surface area contributed by atoms with Crippen molar-refractivity contribution in [1.82, 2.24) is 14.9 Å². The summed E-state index contributed by atoms with van der Waals surface area (Å²) in [6.45, 7) is 0. The summed E-state index contributed by atoms with van der Waals surface area (Å²) >= 11 is 0. The maximum absolute atomic E-state index is 12.2. The minimum Gasteiger partial charge on any atom is -0.399 e. The minimum absolute atomic E-state index is 0.196. The van der Waals surface area contributed by atoms with E-state index in [9.17, 15) is 9.59 Å². The molecule has 1 unspecified atom stereocenters. The van der Waals surface area contributed by atoms with E-state index in [-0.39, 0.29) is 17.9 Å². The second-order valence-corrected chi connectivity index (χ2v) is 5.83. The number of hydrogen-bond acceptors (Lipinski definition) is 4. The van der Waals surface area contributed by atoms with Crippen molar-refractivity contribution in [2.24, 2.45) is 0 Å². The fourth-order valence-electron chi connectivity index (χ4n) is 3.02. The SMILES string of the molecule is Nc1ccc2c(c1)nc(C1CC1)n2C1CCC(=O)NC1=O. The third kappa shape index (κ3) is 1.98. The molecule has 1 aliphatic carbocycles. The number of rotatable bonds is 2. The molecule has 2 aliphatic rings. The molecule has 2 amide bonds. The number of carbonyl (C=O) groups excluding carboxylic acids is 2. The third-order valence-electron chi connectivity index (χ3n) is 4.21. The molecule has 2 fully saturated rings. The van der Waals surface area contributed by atoms with Gasteiger partial charge in [-0.2, -0.15) is 0 Å². The van der Waals surface area contributed by atoms with Gasteiger partial charge in [0.1, 0.15) is 11.9 Å². The van der Waals surface area contributed by atoms with Gasteiger partial charge in [-0.15, -0.1) is 0 Å². The van der Waals surface area contributed by atoms with Crippen molar-refractivity contribution in [2.45, 2.75) is 37.6 Å². The summed E-state index contributed by atoms with van der Waals surface area (Å²) in [7, 11) is 0. The summed E-state index contributed by atoms with van der Waals surface area (Å²) < 4.78 is 2.01. The number of imidazole rings is 1. The summed E-state index contributed by atoms with van der Waals surface area (Å²) in [4.78, 5) is 28.2. The predicted octanol–water partition coefficient (Wildman–Crippen LogP) is 1.47. The molecule has 1 atom stereocenters. The second kappa shape index (κ2) is 4.31. The lowest BCUT2D eigenvalue weighted by Gasteiger charge is -2.24. The van der Waals surface area contributed by atoms with Crippen LogP contribution in [0.1, 0.15) is 43.5 Å². The van der Waals surface area contributed by atoms with Gasteiger partial charge in [0.2, 0.25) is 11.8 Å². The maximum Gasteiger partial charge on any atom is 0.249 e. The Morgan fingerprint density at radius 2 is 2.05 bits per heavy atom. The molecule has 3 N–H and O–H groups in total. The largest absolute Gasteiger partial charge is 0.399 e. The standard InChI is InChI=1S/C15H16N4O2/c16-9-3-4-11-10(7-9)17-14(8-1-2-8)19(11)12-5-6-13(20)18-15(12)21/h3-4,7-8,12H,1-2,5-6,16H2,(H,18,20,21). The fraction of sp³-hybridized carbons (Fsp3) is 0.400. The van der Waals surface area contributed by atoms with Gasteiger partial charge in [-0.25, -0.2) is 4.98 Å². The predicted molar refractivity (Wildman–Crippen MR) is 77.5 cm³/mol. The van der Waals surface area contributed by atoms with Crippen molar-refractivity contribution in [3.8, 4) is 0 Å². The van der Waals surface area contributed by atoms with Crippen LogP contribution in [0, 0.1) is 0 Å². The number of benzene rings is 1. The summed E-state index contributed by atoms with van der Waals surface area (Å²) in [6.07, 6.45) is 3.10. The van der Waals surface area contributed by atoms with Crippen LogP contribution in [0.15, 0.2) is 18.2 Å². The van der Waals surface area contributed by atoms with Gasteiger partial charge in [0.15, 0.2) is 0 Å². The van der Waals surface area contributed by atoms with E-state index >= 15 is 0 Å². The number of amides is 2. The van der Waals surface area contributed by atoms with Crippen LogP contribution in [0.3, 0.4) is 0 Å². The van der Waals surface area contributed by atoms with E-state index in [0.717, 1.165) is 29.7 Å². The second-order valence-electron chi connectivity index (χ2n) is 5.83. The molecule has 1 aromatic carbocycles. The lowest BCUT2D eigenvalue weighted by atomic mass is 10.1. The molecule has 21 heavy (non-hydrogen) atoms. The molecular formula is C15H16N4O2. The van der Waals surface area contributed by atoms with Gasteiger partial charge in [-0.1, -0.05) is 0 Å². The van der Waals surface area contributed by atoms with Gasteiger partial charge in [-0.05, 0) is 37.5 Å². The van der Waals surface area contributed by atoms with Gasteiger partial charge >= 0.3 is 0 Å². The Morgan fingerprint density at radius 1 is 1.24 bits per heavy atom. The molecule has 0 bridgehead atoms. The van der Waals surface area contributed by atoms with Crippen LogP contribution in [0.25, 0.3) is 11.0 Å². The lowest BCUT2D eigenvalue weighted by molar-refractivity contribution is -0.135. The van der Waals surface area contributed by atoms with Crippen molar-refractivity contribution >= 4 is 28.5 Å². The van der Waals surface area contributed by atoms with Crippen LogP contribution in [0.5, 0.6) is 0 Å². The third-order valence-corrected chi connectivity index (χ3v) is 4.21. The zero-order valence-corrected chi connectivity index (χ0v) is 11.5. The highest BCUT2D eigenvalue weighted by atomic mass is 16.2. The summed E-state index contributed by atoms with van der Waals surface area (Å²) in [5.74, 6) is 0.941. The molecular weight excluding hydrogens is 268 g/mol. The quantitative estimate of drug-likeness (QED) is 0.645. The number of nitrogens with one attached hydrogen (secondary N) is 1. The molecule has 1 saturated heterocycles. The first-order valence-electron chi connectivity index (χ1n) is 7.24. The van der Waals surface area contributed by atoms with Crippen LogP contribution in [0.4, 0.5) is 5.69 Å². The van der Waals surface area contributed by atoms with E-state index in [1.165, 1.54) is 0 Å². The van der Waals surface area contributed by atoms with Crippen LogP contribution in [-0.2, 0) is 9.59 Å². The number of aromatic nitrogens is 2. The first kappa shape index (κ1) is 12.4. The Morgan fingerprint density at radius 3 is 2.76 bits per heavy atom. The number of anilines is 1. The van der Waals surface area contributed by atoms with E-state index < -0.39 is 0 Å². The molecule has 2 aromatic rings. The van der Waals surface area contributed by atoms with Gasteiger partial charge in [0.05, 0.1) is 11.0 Å². The number of imide groups is 1. The zero-order valence-electron chi connectivity index (χ0n) is 11.5. The molecule has 6 heteroatoms. The van der Waals surface area contributed by atoms with Crippen LogP contribution in [0.2, 0.25) is 0 Å². The highest BCUT2D eigenvalue weighted by molar-refractivity contribution is 6.00. The Bertz CT molecular complexity index is 760. The zero-order chi connectivity index (χ0) is 14.6. The fourth-order valence-corrected chi connectivity index (χ4v) is 3.02. The number of piperidine rings is 1. The topological polar surface area (TPSA) is 90.0 Å². The Kier molecular flexibility index (Phi) is 2.54. The molecule has 6 nitrogen and oxygen atoms in total. The number of nitrogen functional groups attached to an aromatic ring is 1. The Balaban J connectivity index is 1.87. The van der Waals surface area contributed by atoms with Crippen molar-refractivity contribution in [2.75, 3.05) is 5.73 Å². The average Bonchev–Trinajstić information content (AvgIpc) is 3.21. The first-order chi connectivity index (χ1) is 10.1. The van der Waals surface area contributed by atoms with Crippen molar-refractivity contribution in [1.29, 1.82) is 0 Å².